The van der Waals surface area contributed by atoms with Gasteiger partial charge in [-0.1, -0.05) is 17.7 Å². The quantitative estimate of drug-likeness (QED) is 0.428. The van der Waals surface area contributed by atoms with Crippen molar-refractivity contribution in [2.24, 2.45) is 17.8 Å². The Kier molecular flexibility index (Phi) is 4.16. The van der Waals surface area contributed by atoms with Crippen molar-refractivity contribution in [2.45, 2.75) is 25.7 Å². The molecule has 1 heterocycles. The summed E-state index contributed by atoms with van der Waals surface area (Å²) in [5.74, 6) is -4.66. The van der Waals surface area contributed by atoms with E-state index < -0.39 is 35.2 Å². The summed E-state index contributed by atoms with van der Waals surface area (Å²) in [6.07, 6.45) is 3.72. The Morgan fingerprint density at radius 2 is 1.84 bits per heavy atom. The molecule has 1 aliphatic heterocycles. The van der Waals surface area contributed by atoms with E-state index >= 15 is 0 Å². The van der Waals surface area contributed by atoms with Crippen LogP contribution in [0.3, 0.4) is 0 Å². The van der Waals surface area contributed by atoms with E-state index in [4.69, 9.17) is 0 Å². The first kappa shape index (κ1) is 19.6. The second kappa shape index (κ2) is 6.57. The van der Waals surface area contributed by atoms with Gasteiger partial charge in [-0.05, 0) is 49.5 Å². The molecule has 2 amide bonds. The molecule has 1 fully saturated rings. The Balaban J connectivity index is 1.72. The van der Waals surface area contributed by atoms with Gasteiger partial charge >= 0.3 is 0 Å². The van der Waals surface area contributed by atoms with E-state index in [1.165, 1.54) is 31.3 Å². The summed E-state index contributed by atoms with van der Waals surface area (Å²) in [4.78, 5) is 52.6. The highest BCUT2D eigenvalue weighted by Crippen LogP contribution is 2.55. The number of likely N-dealkylation sites (tertiary alicyclic amines) is 1. The molecule has 7 heteroatoms. The number of carbonyl (C=O) groups excluding carboxylic acids is 4. The zero-order valence-electron chi connectivity index (χ0n) is 17.0. The van der Waals surface area contributed by atoms with Gasteiger partial charge in [-0.2, -0.15) is 0 Å². The molecule has 31 heavy (non-hydrogen) atoms. The molecule has 0 bridgehead atoms. The zero-order valence-corrected chi connectivity index (χ0v) is 17.0. The minimum atomic E-state index is -0.829. The lowest BCUT2D eigenvalue weighted by molar-refractivity contribution is -0.138. The molecule has 5 rings (SSSR count). The van der Waals surface area contributed by atoms with Gasteiger partial charge in [-0.3, -0.25) is 24.1 Å². The number of hydrogen-bond donors (Lipinski definition) is 1. The lowest BCUT2D eigenvalue weighted by Gasteiger charge is -2.42. The number of Topliss-reactive ketones (excluding diaryl/α,β-unsaturated/α-hetero) is 1. The molecule has 0 saturated carbocycles. The number of halogens is 1. The molecule has 4 unspecified atom stereocenters. The normalized spacial score (nSPS) is 30.1. The summed E-state index contributed by atoms with van der Waals surface area (Å²) in [7, 11) is 1.46. The molecule has 4 atom stereocenters. The first-order valence-electron chi connectivity index (χ1n) is 10.2. The summed E-state index contributed by atoms with van der Waals surface area (Å²) in [6.45, 7) is 1.57. The van der Waals surface area contributed by atoms with Crippen LogP contribution in [0.2, 0.25) is 0 Å². The fraction of sp³-hybridized carbons (Fsp3) is 0.333. The minimum absolute atomic E-state index is 0.195. The van der Waals surface area contributed by atoms with Crippen LogP contribution in [0, 0.1) is 23.6 Å². The fourth-order valence-electron chi connectivity index (χ4n) is 5.60. The summed E-state index contributed by atoms with van der Waals surface area (Å²) in [5, 5.41) is 9.64. The number of carbonyl (C=O) groups is 4. The molecule has 0 radical (unpaired) electrons. The second-order valence-corrected chi connectivity index (χ2v) is 8.68. The molecule has 4 aliphatic rings. The number of ketones is 2. The molecule has 6 nitrogen and oxygen atoms in total. The number of hydrogen-bond acceptors (Lipinski definition) is 5. The number of imide groups is 1. The lowest BCUT2D eigenvalue weighted by Crippen LogP contribution is -2.39. The average Bonchev–Trinajstić information content (AvgIpc) is 2.97. The van der Waals surface area contributed by atoms with E-state index in [0.717, 1.165) is 10.5 Å². The Morgan fingerprint density at radius 3 is 2.55 bits per heavy atom. The average molecular weight is 421 g/mol. The van der Waals surface area contributed by atoms with Gasteiger partial charge in [0.25, 0.3) is 0 Å². The highest BCUT2D eigenvalue weighted by molar-refractivity contribution is 6.23. The zero-order chi connectivity index (χ0) is 22.2. The summed E-state index contributed by atoms with van der Waals surface area (Å²) < 4.78 is 14.3. The third-order valence-corrected chi connectivity index (χ3v) is 7.09. The summed E-state index contributed by atoms with van der Waals surface area (Å²) in [5.41, 5.74) is 2.14. The van der Waals surface area contributed by atoms with Crippen LogP contribution in [-0.2, 0) is 19.2 Å². The molecule has 3 aliphatic carbocycles. The van der Waals surface area contributed by atoms with Crippen LogP contribution in [0.1, 0.15) is 31.2 Å². The third-order valence-electron chi connectivity index (χ3n) is 7.09. The first-order valence-corrected chi connectivity index (χ1v) is 10.2. The van der Waals surface area contributed by atoms with Gasteiger partial charge in [0.1, 0.15) is 0 Å². The van der Waals surface area contributed by atoms with Crippen molar-refractivity contribution < 1.29 is 28.7 Å². The molecule has 1 saturated heterocycles. The van der Waals surface area contributed by atoms with Crippen LogP contribution in [0.4, 0.5) is 4.39 Å². The number of aromatic hydroxyl groups is 1. The van der Waals surface area contributed by atoms with E-state index in [-0.39, 0.29) is 29.8 Å². The smallest absolute Gasteiger partial charge is 0.233 e. The highest BCUT2D eigenvalue weighted by Gasteiger charge is 2.55. The van der Waals surface area contributed by atoms with Gasteiger partial charge < -0.3 is 5.11 Å². The number of fused-ring (bicyclic) bond motifs is 3. The van der Waals surface area contributed by atoms with Gasteiger partial charge in [0, 0.05) is 29.7 Å². The predicted octanol–water partition coefficient (Wildman–Crippen LogP) is 2.59. The number of nitrogens with zero attached hydrogens (tertiary/aromatic N) is 1. The highest BCUT2D eigenvalue weighted by atomic mass is 19.1. The Bertz CT molecular complexity index is 1190. The van der Waals surface area contributed by atoms with Crippen molar-refractivity contribution in [2.75, 3.05) is 7.05 Å². The first-order chi connectivity index (χ1) is 14.7. The van der Waals surface area contributed by atoms with Crippen LogP contribution in [0.15, 0.2) is 52.6 Å². The number of phenolic OH excluding ortho intramolecular Hbond substituents is 1. The lowest BCUT2D eigenvalue weighted by atomic mass is 9.59. The summed E-state index contributed by atoms with van der Waals surface area (Å²) >= 11 is 0. The Labute approximate surface area is 177 Å². The molecule has 1 aromatic rings. The molecule has 0 spiro atoms. The molecular formula is C24H20FNO5. The van der Waals surface area contributed by atoms with Crippen molar-refractivity contribution in [1.29, 1.82) is 0 Å². The minimum Gasteiger partial charge on any atom is -0.505 e. The van der Waals surface area contributed by atoms with Crippen LogP contribution in [-0.4, -0.2) is 40.4 Å². The standard InChI is InChI=1S/C24H20FNO5/c1-10-7-18(28)15-9-14-12(4-5-13-20(14)24(31)26(2)23(13)30)19(21(15)22(10)29)11-3-6-17(27)16(25)8-11/h3-4,6-8,13-14,19-20,27H,5,9H2,1-2H3. The molecule has 158 valence electrons. The van der Waals surface area contributed by atoms with E-state index in [1.54, 1.807) is 6.92 Å². The van der Waals surface area contributed by atoms with E-state index in [1.807, 2.05) is 6.08 Å². The summed E-state index contributed by atoms with van der Waals surface area (Å²) in [6, 6.07) is 3.91. The maximum Gasteiger partial charge on any atom is 0.233 e. The fourth-order valence-corrected chi connectivity index (χ4v) is 5.60. The van der Waals surface area contributed by atoms with Gasteiger partial charge in [0.2, 0.25) is 11.8 Å². The second-order valence-electron chi connectivity index (χ2n) is 8.68. The van der Waals surface area contributed by atoms with Crippen molar-refractivity contribution in [3.05, 3.63) is 64.0 Å². The predicted molar refractivity (Wildman–Crippen MR) is 107 cm³/mol. The number of benzene rings is 1. The number of amides is 2. The van der Waals surface area contributed by atoms with Crippen LogP contribution >= 0.6 is 0 Å². The largest absolute Gasteiger partial charge is 0.505 e. The van der Waals surface area contributed by atoms with Gasteiger partial charge in [0.15, 0.2) is 23.1 Å². The van der Waals surface area contributed by atoms with Crippen LogP contribution in [0.25, 0.3) is 0 Å². The number of rotatable bonds is 1. The Morgan fingerprint density at radius 1 is 1.10 bits per heavy atom. The van der Waals surface area contributed by atoms with Crippen molar-refractivity contribution >= 4 is 23.4 Å². The van der Waals surface area contributed by atoms with Gasteiger partial charge in [-0.25, -0.2) is 4.39 Å². The third kappa shape index (κ3) is 2.62. The molecule has 1 aromatic carbocycles. The molecule has 1 N–H and O–H groups in total. The van der Waals surface area contributed by atoms with Crippen molar-refractivity contribution in [3.8, 4) is 5.75 Å². The molecular weight excluding hydrogens is 401 g/mol. The maximum absolute atomic E-state index is 14.3. The van der Waals surface area contributed by atoms with E-state index in [2.05, 4.69) is 0 Å². The van der Waals surface area contributed by atoms with Gasteiger partial charge in [0.05, 0.1) is 11.8 Å². The van der Waals surface area contributed by atoms with E-state index in [9.17, 15) is 28.7 Å². The SMILES string of the molecule is CC1=CC(=O)C2=C(C1=O)C(c1ccc(O)c(F)c1)C1=CCC3C(=O)N(C)C(=O)C3C1C2. The van der Waals surface area contributed by atoms with Crippen LogP contribution in [0.5, 0.6) is 5.75 Å². The van der Waals surface area contributed by atoms with Crippen molar-refractivity contribution in [3.63, 3.8) is 0 Å². The van der Waals surface area contributed by atoms with Gasteiger partial charge in [-0.15, -0.1) is 0 Å². The number of allylic oxidation sites excluding steroid dienone is 6. The topological polar surface area (TPSA) is 91.8 Å². The van der Waals surface area contributed by atoms with Crippen LogP contribution < -0.4 is 0 Å². The maximum atomic E-state index is 14.3. The van der Waals surface area contributed by atoms with Crippen molar-refractivity contribution in [1.82, 2.24) is 4.90 Å². The van der Waals surface area contributed by atoms with E-state index in [0.29, 0.717) is 28.7 Å². The number of phenols is 1. The Hall–Kier alpha value is -3.35. The monoisotopic (exact) mass is 421 g/mol. The molecule has 0 aromatic heterocycles.